The van der Waals surface area contributed by atoms with Crippen LogP contribution in [0.1, 0.15) is 12.5 Å². The predicted octanol–water partition coefficient (Wildman–Crippen LogP) is 3.10. The van der Waals surface area contributed by atoms with Gasteiger partial charge in [-0.05, 0) is 48.9 Å². The minimum absolute atomic E-state index is 0.233. The normalized spacial score (nSPS) is 11.8. The van der Waals surface area contributed by atoms with Crippen molar-refractivity contribution in [1.29, 1.82) is 0 Å². The average Bonchev–Trinajstić information content (AvgIpc) is 3.16. The highest BCUT2D eigenvalue weighted by Gasteiger charge is 2.14. The SMILES string of the molecule is C[C@@H](Oc1ccc(F)cc1)C(=O)NCc1ccc(-n2ccnc2)cc1. The van der Waals surface area contributed by atoms with Crippen molar-refractivity contribution in [3.8, 4) is 11.4 Å². The number of ether oxygens (including phenoxy) is 1. The van der Waals surface area contributed by atoms with Gasteiger partial charge in [0.25, 0.3) is 5.91 Å². The molecule has 0 saturated carbocycles. The van der Waals surface area contributed by atoms with E-state index in [4.69, 9.17) is 4.74 Å². The molecule has 0 radical (unpaired) electrons. The number of halogens is 1. The van der Waals surface area contributed by atoms with Crippen molar-refractivity contribution in [3.63, 3.8) is 0 Å². The van der Waals surface area contributed by atoms with Crippen LogP contribution in [0, 0.1) is 5.82 Å². The Morgan fingerprint density at radius 3 is 2.56 bits per heavy atom. The summed E-state index contributed by atoms with van der Waals surface area (Å²) in [5, 5.41) is 2.83. The molecule has 0 aliphatic carbocycles. The van der Waals surface area contributed by atoms with E-state index in [2.05, 4.69) is 10.3 Å². The van der Waals surface area contributed by atoms with Crippen molar-refractivity contribution < 1.29 is 13.9 Å². The molecule has 0 bridgehead atoms. The summed E-state index contributed by atoms with van der Waals surface area (Å²) in [6.45, 7) is 2.06. The predicted molar refractivity (Wildman–Crippen MR) is 91.9 cm³/mol. The van der Waals surface area contributed by atoms with Crippen molar-refractivity contribution >= 4 is 5.91 Å². The number of nitrogens with zero attached hydrogens (tertiary/aromatic N) is 2. The van der Waals surface area contributed by atoms with Gasteiger partial charge in [-0.25, -0.2) is 9.37 Å². The van der Waals surface area contributed by atoms with Gasteiger partial charge in [-0.1, -0.05) is 12.1 Å². The Hall–Kier alpha value is -3.15. The summed E-state index contributed by atoms with van der Waals surface area (Å²) < 4.78 is 20.3. The summed E-state index contributed by atoms with van der Waals surface area (Å²) >= 11 is 0. The molecule has 0 aliphatic heterocycles. The topological polar surface area (TPSA) is 56.1 Å². The van der Waals surface area contributed by atoms with Crippen LogP contribution in [0.4, 0.5) is 4.39 Å². The molecule has 5 nitrogen and oxygen atoms in total. The number of aromatic nitrogens is 2. The lowest BCUT2D eigenvalue weighted by atomic mass is 10.2. The molecule has 0 aliphatic rings. The molecule has 1 N–H and O–H groups in total. The molecule has 0 unspecified atom stereocenters. The standard InChI is InChI=1S/C19H18FN3O2/c1-14(25-18-8-4-16(20)5-9-18)19(24)22-12-15-2-6-17(7-3-15)23-11-10-21-13-23/h2-11,13-14H,12H2,1H3,(H,22,24)/t14-/m1/s1. The van der Waals surface area contributed by atoms with E-state index in [-0.39, 0.29) is 11.7 Å². The number of amides is 1. The molecule has 1 atom stereocenters. The van der Waals surface area contributed by atoms with Gasteiger partial charge >= 0.3 is 0 Å². The molecule has 3 aromatic rings. The number of rotatable bonds is 6. The minimum Gasteiger partial charge on any atom is -0.481 e. The second-order valence-electron chi connectivity index (χ2n) is 5.57. The van der Waals surface area contributed by atoms with Crippen molar-refractivity contribution in [2.75, 3.05) is 0 Å². The maximum Gasteiger partial charge on any atom is 0.261 e. The van der Waals surface area contributed by atoms with Crippen LogP contribution in [0.25, 0.3) is 5.69 Å². The van der Waals surface area contributed by atoms with E-state index in [9.17, 15) is 9.18 Å². The van der Waals surface area contributed by atoms with E-state index in [1.165, 1.54) is 24.3 Å². The van der Waals surface area contributed by atoms with Crippen LogP contribution in [0.2, 0.25) is 0 Å². The highest BCUT2D eigenvalue weighted by atomic mass is 19.1. The molecule has 6 heteroatoms. The first kappa shape index (κ1) is 16.7. The van der Waals surface area contributed by atoms with E-state index in [1.807, 2.05) is 35.0 Å². The second kappa shape index (κ2) is 7.61. The second-order valence-corrected chi connectivity index (χ2v) is 5.57. The zero-order valence-corrected chi connectivity index (χ0v) is 13.7. The molecule has 1 aromatic heterocycles. The molecular formula is C19H18FN3O2. The summed E-state index contributed by atoms with van der Waals surface area (Å²) in [5.74, 6) is -0.125. The number of carbonyl (C=O) groups excluding carboxylic acids is 1. The first-order chi connectivity index (χ1) is 12.1. The van der Waals surface area contributed by atoms with Crippen LogP contribution in [0.5, 0.6) is 5.75 Å². The first-order valence-electron chi connectivity index (χ1n) is 7.89. The van der Waals surface area contributed by atoms with E-state index in [0.29, 0.717) is 12.3 Å². The van der Waals surface area contributed by atoms with E-state index >= 15 is 0 Å². The fourth-order valence-electron chi connectivity index (χ4n) is 2.30. The number of benzene rings is 2. The Bertz CT molecular complexity index is 815. The summed E-state index contributed by atoms with van der Waals surface area (Å²) in [6, 6.07) is 13.4. The third-order valence-electron chi connectivity index (χ3n) is 3.70. The summed E-state index contributed by atoms with van der Waals surface area (Å²) in [7, 11) is 0. The van der Waals surface area contributed by atoms with Gasteiger partial charge in [-0.3, -0.25) is 4.79 Å². The Morgan fingerprint density at radius 1 is 1.20 bits per heavy atom. The molecule has 0 spiro atoms. The monoisotopic (exact) mass is 339 g/mol. The molecule has 0 fully saturated rings. The molecule has 2 aromatic carbocycles. The molecule has 1 heterocycles. The lowest BCUT2D eigenvalue weighted by molar-refractivity contribution is -0.127. The van der Waals surface area contributed by atoms with Gasteiger partial charge in [-0.2, -0.15) is 0 Å². The molecule has 1 amide bonds. The van der Waals surface area contributed by atoms with Gasteiger partial charge in [-0.15, -0.1) is 0 Å². The van der Waals surface area contributed by atoms with Gasteiger partial charge < -0.3 is 14.6 Å². The van der Waals surface area contributed by atoms with Crippen LogP contribution in [-0.2, 0) is 11.3 Å². The molecule has 3 rings (SSSR count). The third kappa shape index (κ3) is 4.44. The van der Waals surface area contributed by atoms with E-state index in [1.54, 1.807) is 19.4 Å². The van der Waals surface area contributed by atoms with Gasteiger partial charge in [0.2, 0.25) is 0 Å². The Morgan fingerprint density at radius 2 is 1.92 bits per heavy atom. The van der Waals surface area contributed by atoms with Crippen LogP contribution in [-0.4, -0.2) is 21.6 Å². The minimum atomic E-state index is -0.671. The smallest absolute Gasteiger partial charge is 0.261 e. The number of imidazole rings is 1. The van der Waals surface area contributed by atoms with E-state index in [0.717, 1.165) is 11.3 Å². The average molecular weight is 339 g/mol. The van der Waals surface area contributed by atoms with Gasteiger partial charge in [0.1, 0.15) is 11.6 Å². The third-order valence-corrected chi connectivity index (χ3v) is 3.70. The number of carbonyl (C=O) groups is 1. The Balaban J connectivity index is 1.52. The van der Waals surface area contributed by atoms with Gasteiger partial charge in [0.05, 0.1) is 6.33 Å². The van der Waals surface area contributed by atoms with Gasteiger partial charge in [0, 0.05) is 24.6 Å². The van der Waals surface area contributed by atoms with Crippen molar-refractivity contribution in [3.05, 3.63) is 78.6 Å². The maximum absolute atomic E-state index is 12.9. The lowest BCUT2D eigenvalue weighted by Crippen LogP contribution is -2.35. The van der Waals surface area contributed by atoms with Crippen LogP contribution >= 0.6 is 0 Å². The fraction of sp³-hybridized carbons (Fsp3) is 0.158. The van der Waals surface area contributed by atoms with Crippen LogP contribution < -0.4 is 10.1 Å². The largest absolute Gasteiger partial charge is 0.481 e. The first-order valence-corrected chi connectivity index (χ1v) is 7.89. The van der Waals surface area contributed by atoms with Crippen molar-refractivity contribution in [2.24, 2.45) is 0 Å². The summed E-state index contributed by atoms with van der Waals surface area (Å²) in [5.41, 5.74) is 1.98. The number of hydrogen-bond acceptors (Lipinski definition) is 3. The highest BCUT2D eigenvalue weighted by molar-refractivity contribution is 5.80. The van der Waals surface area contributed by atoms with Crippen LogP contribution in [0.15, 0.2) is 67.3 Å². The lowest BCUT2D eigenvalue weighted by Gasteiger charge is -2.15. The summed E-state index contributed by atoms with van der Waals surface area (Å²) in [4.78, 5) is 16.1. The number of nitrogens with one attached hydrogen (secondary N) is 1. The molecular weight excluding hydrogens is 321 g/mol. The highest BCUT2D eigenvalue weighted by Crippen LogP contribution is 2.13. The maximum atomic E-state index is 12.9. The van der Waals surface area contributed by atoms with Crippen molar-refractivity contribution in [1.82, 2.24) is 14.9 Å². The molecule has 0 saturated heterocycles. The molecule has 128 valence electrons. The summed E-state index contributed by atoms with van der Waals surface area (Å²) in [6.07, 6.45) is 4.64. The quantitative estimate of drug-likeness (QED) is 0.751. The zero-order valence-electron chi connectivity index (χ0n) is 13.7. The van der Waals surface area contributed by atoms with Crippen LogP contribution in [0.3, 0.4) is 0 Å². The van der Waals surface area contributed by atoms with Gasteiger partial charge in [0.15, 0.2) is 6.10 Å². The Kier molecular flexibility index (Phi) is 5.09. The zero-order chi connectivity index (χ0) is 17.6. The van der Waals surface area contributed by atoms with Crippen molar-refractivity contribution in [2.45, 2.75) is 19.6 Å². The Labute approximate surface area is 145 Å². The van der Waals surface area contributed by atoms with E-state index < -0.39 is 6.10 Å². The number of hydrogen-bond donors (Lipinski definition) is 1. The molecule has 25 heavy (non-hydrogen) atoms. The fourth-order valence-corrected chi connectivity index (χ4v) is 2.30.